The van der Waals surface area contributed by atoms with Crippen LogP contribution < -0.4 is 0 Å². The van der Waals surface area contributed by atoms with E-state index < -0.39 is 5.97 Å². The Hall–Kier alpha value is -3.13. The summed E-state index contributed by atoms with van der Waals surface area (Å²) in [6.45, 7) is 2.13. The van der Waals surface area contributed by atoms with Gasteiger partial charge in [-0.2, -0.15) is 0 Å². The first-order chi connectivity index (χ1) is 15.6. The van der Waals surface area contributed by atoms with E-state index in [0.29, 0.717) is 0 Å². The van der Waals surface area contributed by atoms with Gasteiger partial charge >= 0.3 is 5.97 Å². The molecule has 0 radical (unpaired) electrons. The van der Waals surface area contributed by atoms with Crippen LogP contribution in [0, 0.1) is 6.92 Å². The van der Waals surface area contributed by atoms with E-state index in [2.05, 4.69) is 41.2 Å². The summed E-state index contributed by atoms with van der Waals surface area (Å²) in [6, 6.07) is 16.4. The number of aryl methyl sites for hydroxylation is 1. The normalized spacial score (nSPS) is 11.0. The van der Waals surface area contributed by atoms with E-state index >= 15 is 0 Å². The fourth-order valence-electron chi connectivity index (χ4n) is 3.58. The largest absolute Gasteiger partial charge is 0.481 e. The van der Waals surface area contributed by atoms with Gasteiger partial charge in [-0.15, -0.1) is 34.0 Å². The highest BCUT2D eigenvalue weighted by Gasteiger charge is 2.17. The summed E-state index contributed by atoms with van der Waals surface area (Å²) in [5, 5.41) is 9.38. The molecule has 0 unspecified atom stereocenters. The second-order valence-electron chi connectivity index (χ2n) is 7.31. The number of rotatable bonds is 6. The Bertz CT molecular complexity index is 1390. The monoisotopic (exact) mass is 474 g/mol. The van der Waals surface area contributed by atoms with Crippen LogP contribution in [0.2, 0.25) is 0 Å². The standard InChI is InChI=1S/C25H18N2O2S3/c1-15-10-21(31-24(15)16-4-2-8-26-13-16)19-6-7-20(30-19)22-11-18(12-23(28)29)25(32-22)17-5-3-9-27-14-17/h2-11,13-14H,12H2,1H3,(H,28,29). The number of aliphatic carboxylic acids is 1. The summed E-state index contributed by atoms with van der Waals surface area (Å²) in [6.07, 6.45) is 7.20. The number of carboxylic acids is 1. The van der Waals surface area contributed by atoms with Crippen molar-refractivity contribution in [2.24, 2.45) is 0 Å². The Labute approximate surface area is 197 Å². The molecular weight excluding hydrogens is 456 g/mol. The number of carboxylic acid groups (broad SMARTS) is 1. The van der Waals surface area contributed by atoms with Crippen molar-refractivity contribution < 1.29 is 9.90 Å². The third-order valence-corrected chi connectivity index (χ3v) is 9.00. The molecule has 32 heavy (non-hydrogen) atoms. The average Bonchev–Trinajstić information content (AvgIpc) is 3.53. The summed E-state index contributed by atoms with van der Waals surface area (Å²) in [5.41, 5.74) is 4.15. The van der Waals surface area contributed by atoms with Crippen LogP contribution in [-0.4, -0.2) is 21.0 Å². The molecule has 0 aliphatic carbocycles. The fourth-order valence-corrected chi connectivity index (χ4v) is 7.08. The molecule has 0 saturated carbocycles. The summed E-state index contributed by atoms with van der Waals surface area (Å²) < 4.78 is 0. The molecule has 5 rings (SSSR count). The molecule has 5 aromatic rings. The summed E-state index contributed by atoms with van der Waals surface area (Å²) in [7, 11) is 0. The Balaban J connectivity index is 1.50. The first-order valence-corrected chi connectivity index (χ1v) is 12.4. The predicted octanol–water partition coefficient (Wildman–Crippen LogP) is 7.26. The number of thiophene rings is 3. The van der Waals surface area contributed by atoms with Crippen LogP contribution in [0.25, 0.3) is 40.4 Å². The summed E-state index contributed by atoms with van der Waals surface area (Å²) in [4.78, 5) is 26.7. The first kappa shape index (κ1) is 20.8. The lowest BCUT2D eigenvalue weighted by atomic mass is 10.1. The highest BCUT2D eigenvalue weighted by Crippen LogP contribution is 2.45. The minimum absolute atomic E-state index is 0.00243. The van der Waals surface area contributed by atoms with E-state index in [0.717, 1.165) is 31.3 Å². The van der Waals surface area contributed by atoms with Crippen molar-refractivity contribution in [1.82, 2.24) is 9.97 Å². The smallest absolute Gasteiger partial charge is 0.307 e. The van der Waals surface area contributed by atoms with E-state index in [4.69, 9.17) is 0 Å². The molecule has 5 aromatic heterocycles. The molecule has 0 aromatic carbocycles. The maximum absolute atomic E-state index is 11.4. The van der Waals surface area contributed by atoms with E-state index in [-0.39, 0.29) is 6.42 Å². The number of pyridine rings is 2. The second-order valence-corrected chi connectivity index (χ2v) is 10.5. The third kappa shape index (κ3) is 4.14. The Kier molecular flexibility index (Phi) is 5.70. The molecule has 4 nitrogen and oxygen atoms in total. The fraction of sp³-hybridized carbons (Fsp3) is 0.0800. The molecule has 1 N–H and O–H groups in total. The van der Waals surface area contributed by atoms with Crippen LogP contribution in [0.1, 0.15) is 11.1 Å². The number of hydrogen-bond acceptors (Lipinski definition) is 6. The lowest BCUT2D eigenvalue weighted by molar-refractivity contribution is -0.136. The molecule has 0 aliphatic rings. The maximum atomic E-state index is 11.4. The highest BCUT2D eigenvalue weighted by atomic mass is 32.1. The van der Waals surface area contributed by atoms with Crippen molar-refractivity contribution in [1.29, 1.82) is 0 Å². The molecular formula is C25H18N2O2S3. The lowest BCUT2D eigenvalue weighted by Gasteiger charge is -2.00. The minimum Gasteiger partial charge on any atom is -0.481 e. The molecule has 158 valence electrons. The number of nitrogens with zero attached hydrogens (tertiary/aromatic N) is 2. The Morgan fingerprint density at radius 1 is 0.812 bits per heavy atom. The average molecular weight is 475 g/mol. The van der Waals surface area contributed by atoms with Gasteiger partial charge in [0.1, 0.15) is 0 Å². The van der Waals surface area contributed by atoms with Crippen molar-refractivity contribution in [3.63, 3.8) is 0 Å². The van der Waals surface area contributed by atoms with Crippen molar-refractivity contribution in [3.05, 3.63) is 84.4 Å². The van der Waals surface area contributed by atoms with Gasteiger partial charge in [0.15, 0.2) is 0 Å². The van der Waals surface area contributed by atoms with Crippen LogP contribution in [0.4, 0.5) is 0 Å². The molecule has 0 amide bonds. The van der Waals surface area contributed by atoms with Gasteiger partial charge in [-0.1, -0.05) is 12.1 Å². The summed E-state index contributed by atoms with van der Waals surface area (Å²) in [5.74, 6) is -0.830. The maximum Gasteiger partial charge on any atom is 0.307 e. The minimum atomic E-state index is -0.830. The molecule has 0 aliphatic heterocycles. The van der Waals surface area contributed by atoms with Gasteiger partial charge in [-0.3, -0.25) is 14.8 Å². The molecule has 0 saturated heterocycles. The first-order valence-electron chi connectivity index (χ1n) is 9.95. The second kappa shape index (κ2) is 8.78. The van der Waals surface area contributed by atoms with E-state index in [1.54, 1.807) is 52.6 Å². The third-order valence-electron chi connectivity index (χ3n) is 5.01. The van der Waals surface area contributed by atoms with Crippen molar-refractivity contribution in [3.8, 4) is 40.4 Å². The zero-order chi connectivity index (χ0) is 22.1. The van der Waals surface area contributed by atoms with Gasteiger partial charge in [0.25, 0.3) is 0 Å². The van der Waals surface area contributed by atoms with Gasteiger partial charge in [0, 0.05) is 65.2 Å². The lowest BCUT2D eigenvalue weighted by Crippen LogP contribution is -1.99. The molecule has 0 bridgehead atoms. The van der Waals surface area contributed by atoms with Crippen LogP contribution in [0.5, 0.6) is 0 Å². The van der Waals surface area contributed by atoms with Crippen LogP contribution in [-0.2, 0) is 11.2 Å². The van der Waals surface area contributed by atoms with Gasteiger partial charge in [0.05, 0.1) is 6.42 Å². The SMILES string of the molecule is Cc1cc(-c2ccc(-c3cc(CC(=O)O)c(-c4cccnc4)s3)s2)sc1-c1cccnc1. The van der Waals surface area contributed by atoms with Gasteiger partial charge in [0.2, 0.25) is 0 Å². The van der Waals surface area contributed by atoms with E-state index in [1.165, 1.54) is 20.2 Å². The molecule has 0 atom stereocenters. The molecule has 5 heterocycles. The molecule has 0 spiro atoms. The number of aromatic nitrogens is 2. The van der Waals surface area contributed by atoms with Gasteiger partial charge in [-0.05, 0) is 54.4 Å². The van der Waals surface area contributed by atoms with Crippen molar-refractivity contribution in [2.75, 3.05) is 0 Å². The van der Waals surface area contributed by atoms with Gasteiger partial charge in [-0.25, -0.2) is 0 Å². The number of hydrogen-bond donors (Lipinski definition) is 1. The highest BCUT2D eigenvalue weighted by molar-refractivity contribution is 7.28. The zero-order valence-electron chi connectivity index (χ0n) is 17.1. The number of carbonyl (C=O) groups is 1. The van der Waals surface area contributed by atoms with E-state index in [9.17, 15) is 9.90 Å². The predicted molar refractivity (Wildman–Crippen MR) is 133 cm³/mol. The van der Waals surface area contributed by atoms with Crippen molar-refractivity contribution in [2.45, 2.75) is 13.3 Å². The van der Waals surface area contributed by atoms with Crippen molar-refractivity contribution >= 4 is 40.0 Å². The summed E-state index contributed by atoms with van der Waals surface area (Å²) >= 11 is 5.13. The van der Waals surface area contributed by atoms with E-state index in [1.807, 2.05) is 30.5 Å². The molecule has 7 heteroatoms. The van der Waals surface area contributed by atoms with Gasteiger partial charge < -0.3 is 5.11 Å². The van der Waals surface area contributed by atoms with Crippen LogP contribution in [0.3, 0.4) is 0 Å². The molecule has 0 fully saturated rings. The van der Waals surface area contributed by atoms with Crippen LogP contribution in [0.15, 0.2) is 73.3 Å². The quantitative estimate of drug-likeness (QED) is 0.281. The Morgan fingerprint density at radius 3 is 2.00 bits per heavy atom. The zero-order valence-corrected chi connectivity index (χ0v) is 19.6. The topological polar surface area (TPSA) is 63.1 Å². The Morgan fingerprint density at radius 2 is 1.41 bits per heavy atom. The van der Waals surface area contributed by atoms with Crippen LogP contribution >= 0.6 is 34.0 Å².